The SMILES string of the molecule is CCC[C@@H](/C=C/N[C@@H](C)C(C)C)NC(=O)[C@@H]1[C@H]2CCC[C@H]2CN1C(=O)[C@@H](C)C(C)(C)C. The van der Waals surface area contributed by atoms with Crippen LogP contribution in [0.2, 0.25) is 0 Å². The first-order chi connectivity index (χ1) is 14.5. The van der Waals surface area contributed by atoms with E-state index in [1.165, 1.54) is 6.42 Å². The van der Waals surface area contributed by atoms with Crippen LogP contribution in [0.1, 0.15) is 87.5 Å². The average molecular weight is 434 g/mol. The van der Waals surface area contributed by atoms with Crippen molar-refractivity contribution in [1.29, 1.82) is 0 Å². The second-order valence-electron chi connectivity index (χ2n) is 11.3. The average Bonchev–Trinajstić information content (AvgIpc) is 3.26. The van der Waals surface area contributed by atoms with Crippen LogP contribution in [0.25, 0.3) is 0 Å². The highest BCUT2D eigenvalue weighted by atomic mass is 16.2. The van der Waals surface area contributed by atoms with Gasteiger partial charge in [-0.1, -0.05) is 61.3 Å². The zero-order valence-corrected chi connectivity index (χ0v) is 21.2. The van der Waals surface area contributed by atoms with Crippen LogP contribution in [0.15, 0.2) is 12.3 Å². The molecule has 0 aromatic rings. The second kappa shape index (κ2) is 10.9. The fraction of sp³-hybridized carbons (Fsp3) is 0.846. The smallest absolute Gasteiger partial charge is 0.243 e. The van der Waals surface area contributed by atoms with E-state index in [2.05, 4.69) is 65.2 Å². The third-order valence-corrected chi connectivity index (χ3v) is 7.73. The lowest BCUT2D eigenvalue weighted by atomic mass is 9.81. The molecule has 1 saturated carbocycles. The first kappa shape index (κ1) is 25.7. The summed E-state index contributed by atoms with van der Waals surface area (Å²) in [4.78, 5) is 28.8. The highest BCUT2D eigenvalue weighted by molar-refractivity contribution is 5.90. The van der Waals surface area contributed by atoms with Crippen LogP contribution in [0.3, 0.4) is 0 Å². The van der Waals surface area contributed by atoms with Crippen molar-refractivity contribution in [3.63, 3.8) is 0 Å². The van der Waals surface area contributed by atoms with E-state index in [0.717, 1.165) is 32.2 Å². The van der Waals surface area contributed by atoms with Gasteiger partial charge in [-0.2, -0.15) is 0 Å². The maximum atomic E-state index is 13.5. The molecule has 2 amide bonds. The van der Waals surface area contributed by atoms with E-state index in [1.54, 1.807) is 0 Å². The molecule has 1 saturated heterocycles. The van der Waals surface area contributed by atoms with Gasteiger partial charge in [0.15, 0.2) is 0 Å². The van der Waals surface area contributed by atoms with Crippen LogP contribution in [0.5, 0.6) is 0 Å². The van der Waals surface area contributed by atoms with E-state index in [-0.39, 0.29) is 35.2 Å². The van der Waals surface area contributed by atoms with Crippen molar-refractivity contribution >= 4 is 11.8 Å². The minimum Gasteiger partial charge on any atom is -0.388 e. The maximum absolute atomic E-state index is 13.5. The summed E-state index contributed by atoms with van der Waals surface area (Å²) in [5, 5.41) is 6.69. The summed E-state index contributed by atoms with van der Waals surface area (Å²) >= 11 is 0. The number of rotatable bonds is 9. The van der Waals surface area contributed by atoms with E-state index in [4.69, 9.17) is 0 Å². The summed E-state index contributed by atoms with van der Waals surface area (Å²) in [5.74, 6) is 1.39. The molecule has 1 heterocycles. The molecule has 0 bridgehead atoms. The van der Waals surface area contributed by atoms with E-state index < -0.39 is 0 Å². The van der Waals surface area contributed by atoms with Crippen molar-refractivity contribution in [3.8, 4) is 0 Å². The standard InChI is InChI=1S/C26H47N3O2/c1-9-11-21(14-15-27-19(5)17(2)3)28-24(30)23-22-13-10-12-20(22)16-29(23)25(31)18(4)26(6,7)8/h14-15,17-23,27H,9-13,16H2,1-8H3,(H,28,30)/b15-14+/t18-,19+,20+,21+,22+,23+/m1/s1. The van der Waals surface area contributed by atoms with Gasteiger partial charge in [0.2, 0.25) is 11.8 Å². The van der Waals surface area contributed by atoms with Gasteiger partial charge in [-0.05, 0) is 61.6 Å². The molecule has 0 aromatic carbocycles. The van der Waals surface area contributed by atoms with Crippen molar-refractivity contribution in [2.24, 2.45) is 29.1 Å². The number of carbonyl (C=O) groups excluding carboxylic acids is 2. The van der Waals surface area contributed by atoms with Crippen LogP contribution < -0.4 is 10.6 Å². The molecule has 31 heavy (non-hydrogen) atoms. The molecule has 5 nitrogen and oxygen atoms in total. The zero-order valence-electron chi connectivity index (χ0n) is 21.2. The first-order valence-electron chi connectivity index (χ1n) is 12.5. The molecule has 2 N–H and O–H groups in total. The molecule has 0 unspecified atom stereocenters. The normalized spacial score (nSPS) is 26.7. The third kappa shape index (κ3) is 6.49. The van der Waals surface area contributed by atoms with Gasteiger partial charge in [0, 0.05) is 24.5 Å². The quantitative estimate of drug-likeness (QED) is 0.553. The monoisotopic (exact) mass is 433 g/mol. The number of nitrogens with one attached hydrogen (secondary N) is 2. The first-order valence-corrected chi connectivity index (χ1v) is 12.5. The minimum atomic E-state index is -0.319. The Hall–Kier alpha value is -1.52. The number of hydrogen-bond acceptors (Lipinski definition) is 3. The molecule has 1 aliphatic heterocycles. The van der Waals surface area contributed by atoms with Gasteiger partial charge in [-0.25, -0.2) is 0 Å². The Bertz CT molecular complexity index is 637. The zero-order chi connectivity index (χ0) is 23.3. The molecule has 2 fully saturated rings. The predicted octanol–water partition coefficient (Wildman–Crippen LogP) is 4.73. The summed E-state index contributed by atoms with van der Waals surface area (Å²) in [6.07, 6.45) is 9.32. The van der Waals surface area contributed by atoms with Gasteiger partial charge in [0.25, 0.3) is 0 Å². The maximum Gasteiger partial charge on any atom is 0.243 e. The molecular weight excluding hydrogens is 386 g/mol. The Balaban J connectivity index is 2.14. The number of hydrogen-bond donors (Lipinski definition) is 2. The fourth-order valence-corrected chi connectivity index (χ4v) is 4.80. The van der Waals surface area contributed by atoms with Crippen LogP contribution >= 0.6 is 0 Å². The summed E-state index contributed by atoms with van der Waals surface area (Å²) in [6, 6.07) is 0.0530. The van der Waals surface area contributed by atoms with Crippen molar-refractivity contribution < 1.29 is 9.59 Å². The Kier molecular flexibility index (Phi) is 9.03. The molecule has 0 aromatic heterocycles. The number of fused-ring (bicyclic) bond motifs is 1. The molecule has 1 aliphatic carbocycles. The molecule has 0 radical (unpaired) electrons. The van der Waals surface area contributed by atoms with Crippen LogP contribution in [-0.4, -0.2) is 41.4 Å². The highest BCUT2D eigenvalue weighted by Gasteiger charge is 2.50. The molecule has 178 valence electrons. The van der Waals surface area contributed by atoms with Crippen molar-refractivity contribution in [2.45, 2.75) is 106 Å². The van der Waals surface area contributed by atoms with E-state index in [1.807, 2.05) is 18.0 Å². The number of amides is 2. The van der Waals surface area contributed by atoms with Crippen molar-refractivity contribution in [1.82, 2.24) is 15.5 Å². The van der Waals surface area contributed by atoms with Gasteiger partial charge < -0.3 is 15.5 Å². The number of likely N-dealkylation sites (tertiary alicyclic amines) is 1. The van der Waals surface area contributed by atoms with Crippen LogP contribution in [0, 0.1) is 29.1 Å². The van der Waals surface area contributed by atoms with E-state index in [0.29, 0.717) is 23.8 Å². The Morgan fingerprint density at radius 2 is 1.81 bits per heavy atom. The van der Waals surface area contributed by atoms with Crippen molar-refractivity contribution in [3.05, 3.63) is 12.3 Å². The number of carbonyl (C=O) groups is 2. The fourth-order valence-electron chi connectivity index (χ4n) is 4.80. The van der Waals surface area contributed by atoms with Gasteiger partial charge in [0.1, 0.15) is 6.04 Å². The molecule has 5 heteroatoms. The number of nitrogens with zero attached hydrogens (tertiary/aromatic N) is 1. The third-order valence-electron chi connectivity index (χ3n) is 7.73. The predicted molar refractivity (Wildman–Crippen MR) is 128 cm³/mol. The molecule has 0 spiro atoms. The molecule has 6 atom stereocenters. The van der Waals surface area contributed by atoms with Crippen LogP contribution in [0.4, 0.5) is 0 Å². The van der Waals surface area contributed by atoms with E-state index >= 15 is 0 Å². The summed E-state index contributed by atoms with van der Waals surface area (Å²) in [5.41, 5.74) is -0.109. The molecule has 2 aliphatic rings. The topological polar surface area (TPSA) is 61.4 Å². The lowest BCUT2D eigenvalue weighted by Crippen LogP contribution is -2.52. The van der Waals surface area contributed by atoms with Gasteiger partial charge >= 0.3 is 0 Å². The van der Waals surface area contributed by atoms with Gasteiger partial charge in [-0.15, -0.1) is 0 Å². The lowest BCUT2D eigenvalue weighted by molar-refractivity contribution is -0.144. The highest BCUT2D eigenvalue weighted by Crippen LogP contribution is 2.43. The van der Waals surface area contributed by atoms with E-state index in [9.17, 15) is 9.59 Å². The molecular formula is C26H47N3O2. The molecule has 2 rings (SSSR count). The largest absolute Gasteiger partial charge is 0.388 e. The Morgan fingerprint density at radius 1 is 1.13 bits per heavy atom. The van der Waals surface area contributed by atoms with Crippen LogP contribution in [-0.2, 0) is 9.59 Å². The minimum absolute atomic E-state index is 0.0122. The second-order valence-corrected chi connectivity index (χ2v) is 11.3. The Morgan fingerprint density at radius 3 is 2.39 bits per heavy atom. The van der Waals surface area contributed by atoms with Crippen molar-refractivity contribution in [2.75, 3.05) is 6.54 Å². The summed E-state index contributed by atoms with van der Waals surface area (Å²) < 4.78 is 0. The van der Waals surface area contributed by atoms with Gasteiger partial charge in [-0.3, -0.25) is 9.59 Å². The lowest BCUT2D eigenvalue weighted by Gasteiger charge is -2.34. The summed E-state index contributed by atoms with van der Waals surface area (Å²) in [6.45, 7) is 17.8. The Labute approximate surface area is 190 Å². The summed E-state index contributed by atoms with van der Waals surface area (Å²) in [7, 11) is 0. The van der Waals surface area contributed by atoms with Gasteiger partial charge in [0.05, 0.1) is 0 Å².